The summed E-state index contributed by atoms with van der Waals surface area (Å²) in [6, 6.07) is 0. The SMILES string of the molecule is Cc1nn(CCC2CC2)c(C)c1CNCC(C)C. The molecule has 0 aliphatic heterocycles. The van der Waals surface area contributed by atoms with Gasteiger partial charge in [-0.05, 0) is 38.6 Å². The predicted molar refractivity (Wildman–Crippen MR) is 75.6 cm³/mol. The van der Waals surface area contributed by atoms with E-state index in [2.05, 4.69) is 42.8 Å². The lowest BCUT2D eigenvalue weighted by atomic mass is 10.1. The molecule has 0 amide bonds. The zero-order chi connectivity index (χ0) is 13.1. The Kier molecular flexibility index (Phi) is 4.44. The van der Waals surface area contributed by atoms with E-state index in [9.17, 15) is 0 Å². The van der Waals surface area contributed by atoms with Crippen molar-refractivity contribution in [2.24, 2.45) is 11.8 Å². The Bertz CT molecular complexity index is 389. The van der Waals surface area contributed by atoms with Crippen LogP contribution in [-0.2, 0) is 13.1 Å². The zero-order valence-electron chi connectivity index (χ0n) is 12.3. The average Bonchev–Trinajstić information content (AvgIpc) is 3.08. The first-order valence-corrected chi connectivity index (χ1v) is 7.31. The first kappa shape index (κ1) is 13.6. The maximum absolute atomic E-state index is 4.68. The molecule has 0 radical (unpaired) electrons. The Balaban J connectivity index is 1.91. The number of hydrogen-bond donors (Lipinski definition) is 1. The molecule has 1 N–H and O–H groups in total. The molecule has 102 valence electrons. The third-order valence-corrected chi connectivity index (χ3v) is 3.83. The molecular weight excluding hydrogens is 222 g/mol. The van der Waals surface area contributed by atoms with Crippen LogP contribution in [0.4, 0.5) is 0 Å². The van der Waals surface area contributed by atoms with Crippen molar-refractivity contribution in [2.45, 2.75) is 60.0 Å². The molecular formula is C15H27N3. The van der Waals surface area contributed by atoms with Gasteiger partial charge in [-0.15, -0.1) is 0 Å². The van der Waals surface area contributed by atoms with Gasteiger partial charge in [0.15, 0.2) is 0 Å². The van der Waals surface area contributed by atoms with Crippen molar-refractivity contribution in [2.75, 3.05) is 6.54 Å². The molecule has 0 unspecified atom stereocenters. The van der Waals surface area contributed by atoms with Gasteiger partial charge in [0.25, 0.3) is 0 Å². The predicted octanol–water partition coefficient (Wildman–Crippen LogP) is 3.05. The van der Waals surface area contributed by atoms with Gasteiger partial charge < -0.3 is 5.32 Å². The summed E-state index contributed by atoms with van der Waals surface area (Å²) in [4.78, 5) is 0. The first-order chi connectivity index (χ1) is 8.58. The van der Waals surface area contributed by atoms with Crippen LogP contribution in [-0.4, -0.2) is 16.3 Å². The van der Waals surface area contributed by atoms with E-state index in [4.69, 9.17) is 0 Å². The minimum Gasteiger partial charge on any atom is -0.312 e. The smallest absolute Gasteiger partial charge is 0.0641 e. The third kappa shape index (κ3) is 3.58. The Morgan fingerprint density at radius 3 is 2.67 bits per heavy atom. The Morgan fingerprint density at radius 1 is 1.33 bits per heavy atom. The Hall–Kier alpha value is -0.830. The molecule has 1 aromatic heterocycles. The van der Waals surface area contributed by atoms with E-state index >= 15 is 0 Å². The van der Waals surface area contributed by atoms with E-state index in [1.807, 2.05) is 0 Å². The van der Waals surface area contributed by atoms with E-state index in [-0.39, 0.29) is 0 Å². The summed E-state index contributed by atoms with van der Waals surface area (Å²) in [7, 11) is 0. The third-order valence-electron chi connectivity index (χ3n) is 3.83. The van der Waals surface area contributed by atoms with Gasteiger partial charge in [0.05, 0.1) is 5.69 Å². The summed E-state index contributed by atoms with van der Waals surface area (Å²) in [6.45, 7) is 12.0. The normalized spacial score (nSPS) is 15.6. The quantitative estimate of drug-likeness (QED) is 0.805. The van der Waals surface area contributed by atoms with Gasteiger partial charge in [0.1, 0.15) is 0 Å². The van der Waals surface area contributed by atoms with Gasteiger partial charge in [-0.25, -0.2) is 0 Å². The summed E-state index contributed by atoms with van der Waals surface area (Å²) in [6.07, 6.45) is 4.17. The molecule has 3 nitrogen and oxygen atoms in total. The lowest BCUT2D eigenvalue weighted by Gasteiger charge is -2.08. The number of hydrogen-bond acceptors (Lipinski definition) is 2. The van der Waals surface area contributed by atoms with Crippen LogP contribution in [0.2, 0.25) is 0 Å². The standard InChI is InChI=1S/C15H27N3/c1-11(2)9-16-10-15-12(3)17-18(13(15)4)8-7-14-5-6-14/h11,14,16H,5-10H2,1-4H3. The highest BCUT2D eigenvalue weighted by Crippen LogP contribution is 2.32. The molecule has 0 aromatic carbocycles. The molecule has 0 atom stereocenters. The van der Waals surface area contributed by atoms with Crippen molar-refractivity contribution >= 4 is 0 Å². The molecule has 2 rings (SSSR count). The van der Waals surface area contributed by atoms with Gasteiger partial charge in [0.2, 0.25) is 0 Å². The van der Waals surface area contributed by atoms with Crippen molar-refractivity contribution in [1.29, 1.82) is 0 Å². The van der Waals surface area contributed by atoms with Gasteiger partial charge in [-0.3, -0.25) is 4.68 Å². The van der Waals surface area contributed by atoms with Crippen LogP contribution in [0.15, 0.2) is 0 Å². The molecule has 1 fully saturated rings. The molecule has 1 heterocycles. The van der Waals surface area contributed by atoms with E-state index in [1.165, 1.54) is 36.2 Å². The molecule has 0 spiro atoms. The van der Waals surface area contributed by atoms with Crippen molar-refractivity contribution < 1.29 is 0 Å². The second-order valence-corrected chi connectivity index (χ2v) is 6.13. The Morgan fingerprint density at radius 2 is 2.06 bits per heavy atom. The number of rotatable bonds is 7. The van der Waals surface area contributed by atoms with Crippen molar-refractivity contribution in [3.8, 4) is 0 Å². The molecule has 18 heavy (non-hydrogen) atoms. The molecule has 1 saturated carbocycles. The molecule has 0 saturated heterocycles. The van der Waals surface area contributed by atoms with E-state index < -0.39 is 0 Å². The van der Waals surface area contributed by atoms with Crippen LogP contribution >= 0.6 is 0 Å². The number of nitrogens with one attached hydrogen (secondary N) is 1. The summed E-state index contributed by atoms with van der Waals surface area (Å²) in [5.74, 6) is 1.69. The molecule has 1 aromatic rings. The first-order valence-electron chi connectivity index (χ1n) is 7.31. The van der Waals surface area contributed by atoms with Crippen molar-refractivity contribution in [3.63, 3.8) is 0 Å². The van der Waals surface area contributed by atoms with Crippen molar-refractivity contribution in [3.05, 3.63) is 17.0 Å². The maximum atomic E-state index is 4.68. The number of aromatic nitrogens is 2. The van der Waals surface area contributed by atoms with Crippen LogP contribution < -0.4 is 5.32 Å². The fourth-order valence-electron chi connectivity index (χ4n) is 2.40. The zero-order valence-corrected chi connectivity index (χ0v) is 12.3. The minimum atomic E-state index is 0.704. The lowest BCUT2D eigenvalue weighted by molar-refractivity contribution is 0.530. The van der Waals surface area contributed by atoms with Crippen LogP contribution in [0.25, 0.3) is 0 Å². The number of nitrogens with zero attached hydrogens (tertiary/aromatic N) is 2. The number of aryl methyl sites for hydroxylation is 2. The van der Waals surface area contributed by atoms with Crippen LogP contribution in [0.3, 0.4) is 0 Å². The van der Waals surface area contributed by atoms with Crippen LogP contribution in [0, 0.1) is 25.7 Å². The summed E-state index contributed by atoms with van der Waals surface area (Å²) >= 11 is 0. The van der Waals surface area contributed by atoms with Gasteiger partial charge >= 0.3 is 0 Å². The topological polar surface area (TPSA) is 29.9 Å². The summed E-state index contributed by atoms with van der Waals surface area (Å²) in [5.41, 5.74) is 3.94. The highest BCUT2D eigenvalue weighted by molar-refractivity contribution is 5.24. The molecule has 1 aliphatic rings. The molecule has 0 bridgehead atoms. The lowest BCUT2D eigenvalue weighted by Crippen LogP contribution is -2.19. The second kappa shape index (κ2) is 5.87. The largest absolute Gasteiger partial charge is 0.312 e. The Labute approximate surface area is 111 Å². The minimum absolute atomic E-state index is 0.704. The fourth-order valence-corrected chi connectivity index (χ4v) is 2.40. The van der Waals surface area contributed by atoms with Crippen LogP contribution in [0.1, 0.15) is 50.1 Å². The van der Waals surface area contributed by atoms with Gasteiger partial charge in [-0.2, -0.15) is 5.10 Å². The second-order valence-electron chi connectivity index (χ2n) is 6.13. The maximum Gasteiger partial charge on any atom is 0.0641 e. The molecule has 3 heteroatoms. The summed E-state index contributed by atoms with van der Waals surface area (Å²) in [5, 5.41) is 8.20. The highest BCUT2D eigenvalue weighted by Gasteiger charge is 2.21. The summed E-state index contributed by atoms with van der Waals surface area (Å²) < 4.78 is 2.21. The highest BCUT2D eigenvalue weighted by atomic mass is 15.3. The van der Waals surface area contributed by atoms with Gasteiger partial charge in [-0.1, -0.05) is 26.7 Å². The van der Waals surface area contributed by atoms with E-state index in [1.54, 1.807) is 0 Å². The van der Waals surface area contributed by atoms with Crippen molar-refractivity contribution in [1.82, 2.24) is 15.1 Å². The van der Waals surface area contributed by atoms with Crippen LogP contribution in [0.5, 0.6) is 0 Å². The monoisotopic (exact) mass is 249 g/mol. The van der Waals surface area contributed by atoms with E-state index in [0.29, 0.717) is 5.92 Å². The molecule has 1 aliphatic carbocycles. The fraction of sp³-hybridized carbons (Fsp3) is 0.800. The van der Waals surface area contributed by atoms with Gasteiger partial charge in [0, 0.05) is 24.3 Å². The van der Waals surface area contributed by atoms with E-state index in [0.717, 1.165) is 25.6 Å². The average molecular weight is 249 g/mol.